The lowest BCUT2D eigenvalue weighted by molar-refractivity contribution is 0.244. The standard InChI is InChI=1S/C21H28N6/c1-2-27(11-10-16-6-4-3-5-7-16)14-17-8-9-18(12-17)25-20-19-13-24-26-21(19)23-15-22-20/h3-7,13,15,17-18H,2,8-12,14H2,1H3,(H2,22,23,24,25,26)/t17-,18-/m1/s1. The molecule has 27 heavy (non-hydrogen) atoms. The van der Waals surface area contributed by atoms with Crippen LogP contribution in [0.2, 0.25) is 0 Å². The van der Waals surface area contributed by atoms with Gasteiger partial charge in [-0.25, -0.2) is 9.97 Å². The second-order valence-corrected chi connectivity index (χ2v) is 7.50. The fourth-order valence-electron chi connectivity index (χ4n) is 4.12. The first-order valence-electron chi connectivity index (χ1n) is 9.98. The van der Waals surface area contributed by atoms with Gasteiger partial charge in [-0.15, -0.1) is 0 Å². The number of rotatable bonds is 8. The summed E-state index contributed by atoms with van der Waals surface area (Å²) in [7, 11) is 0. The maximum Gasteiger partial charge on any atom is 0.160 e. The number of anilines is 1. The number of aromatic nitrogens is 4. The van der Waals surface area contributed by atoms with E-state index in [9.17, 15) is 0 Å². The van der Waals surface area contributed by atoms with Crippen LogP contribution in [-0.2, 0) is 6.42 Å². The summed E-state index contributed by atoms with van der Waals surface area (Å²) in [6.45, 7) is 5.71. The molecule has 1 fully saturated rings. The number of aromatic amines is 1. The van der Waals surface area contributed by atoms with Gasteiger partial charge in [0.25, 0.3) is 0 Å². The molecule has 142 valence electrons. The van der Waals surface area contributed by atoms with Crippen molar-refractivity contribution in [1.29, 1.82) is 0 Å². The van der Waals surface area contributed by atoms with E-state index in [-0.39, 0.29) is 0 Å². The Bertz CT molecular complexity index is 846. The predicted molar refractivity (Wildman–Crippen MR) is 109 cm³/mol. The minimum Gasteiger partial charge on any atom is -0.367 e. The normalized spacial score (nSPS) is 19.8. The van der Waals surface area contributed by atoms with Gasteiger partial charge in [-0.05, 0) is 43.7 Å². The van der Waals surface area contributed by atoms with Gasteiger partial charge in [-0.3, -0.25) is 5.10 Å². The zero-order chi connectivity index (χ0) is 18.5. The lowest BCUT2D eigenvalue weighted by Gasteiger charge is -2.24. The van der Waals surface area contributed by atoms with Crippen LogP contribution in [0.25, 0.3) is 11.0 Å². The van der Waals surface area contributed by atoms with E-state index >= 15 is 0 Å². The van der Waals surface area contributed by atoms with Gasteiger partial charge < -0.3 is 10.2 Å². The van der Waals surface area contributed by atoms with Crippen LogP contribution in [0.5, 0.6) is 0 Å². The summed E-state index contributed by atoms with van der Waals surface area (Å²) in [5.74, 6) is 1.65. The van der Waals surface area contributed by atoms with Crippen LogP contribution in [0.3, 0.4) is 0 Å². The molecule has 6 nitrogen and oxygen atoms in total. The summed E-state index contributed by atoms with van der Waals surface area (Å²) in [5, 5.41) is 11.6. The monoisotopic (exact) mass is 364 g/mol. The average Bonchev–Trinajstić information content (AvgIpc) is 3.36. The van der Waals surface area contributed by atoms with Gasteiger partial charge in [0.15, 0.2) is 5.65 Å². The van der Waals surface area contributed by atoms with Gasteiger partial charge in [-0.1, -0.05) is 37.3 Å². The fourth-order valence-corrected chi connectivity index (χ4v) is 4.12. The van der Waals surface area contributed by atoms with E-state index < -0.39 is 0 Å². The molecule has 0 unspecified atom stereocenters. The van der Waals surface area contributed by atoms with Gasteiger partial charge in [0.05, 0.1) is 11.6 Å². The average molecular weight is 364 g/mol. The Morgan fingerprint density at radius 1 is 1.19 bits per heavy atom. The van der Waals surface area contributed by atoms with E-state index in [1.54, 1.807) is 12.5 Å². The van der Waals surface area contributed by atoms with E-state index in [0.29, 0.717) is 6.04 Å². The van der Waals surface area contributed by atoms with Crippen molar-refractivity contribution in [3.05, 3.63) is 48.4 Å². The molecule has 0 bridgehead atoms. The zero-order valence-electron chi connectivity index (χ0n) is 15.9. The topological polar surface area (TPSA) is 69.7 Å². The molecule has 1 aromatic carbocycles. The SMILES string of the molecule is CCN(CCc1ccccc1)C[C@@H]1CC[C@@H](Nc2ncnc3[nH]ncc23)C1. The smallest absolute Gasteiger partial charge is 0.160 e. The number of H-pyrrole nitrogens is 1. The molecule has 6 heteroatoms. The molecular formula is C21H28N6. The Labute approximate surface area is 160 Å². The molecule has 1 aliphatic carbocycles. The van der Waals surface area contributed by atoms with Gasteiger partial charge in [0, 0.05) is 19.1 Å². The van der Waals surface area contributed by atoms with Crippen LogP contribution in [0.15, 0.2) is 42.9 Å². The van der Waals surface area contributed by atoms with E-state index in [4.69, 9.17) is 0 Å². The third-order valence-electron chi connectivity index (χ3n) is 5.65. The summed E-state index contributed by atoms with van der Waals surface area (Å²) in [6.07, 6.45) is 8.20. The van der Waals surface area contributed by atoms with Gasteiger partial charge in [0.1, 0.15) is 12.1 Å². The number of nitrogens with zero attached hydrogens (tertiary/aromatic N) is 4. The summed E-state index contributed by atoms with van der Waals surface area (Å²) in [6, 6.07) is 11.3. The number of hydrogen-bond donors (Lipinski definition) is 2. The van der Waals surface area contributed by atoms with Crippen molar-refractivity contribution in [2.75, 3.05) is 25.0 Å². The maximum absolute atomic E-state index is 4.42. The maximum atomic E-state index is 4.42. The Morgan fingerprint density at radius 2 is 2.07 bits per heavy atom. The molecule has 2 atom stereocenters. The number of nitrogens with one attached hydrogen (secondary N) is 2. The van der Waals surface area contributed by atoms with Gasteiger partial charge in [0.2, 0.25) is 0 Å². The van der Waals surface area contributed by atoms with Crippen molar-refractivity contribution in [3.63, 3.8) is 0 Å². The Hall–Kier alpha value is -2.47. The van der Waals surface area contributed by atoms with Crippen LogP contribution in [0.4, 0.5) is 5.82 Å². The highest BCUT2D eigenvalue weighted by molar-refractivity contribution is 5.85. The molecular weight excluding hydrogens is 336 g/mol. The Morgan fingerprint density at radius 3 is 2.93 bits per heavy atom. The number of fused-ring (bicyclic) bond motifs is 1. The van der Waals surface area contributed by atoms with Crippen molar-refractivity contribution in [1.82, 2.24) is 25.1 Å². The predicted octanol–water partition coefficient (Wildman–Crippen LogP) is 3.50. The summed E-state index contributed by atoms with van der Waals surface area (Å²) < 4.78 is 0. The first-order valence-corrected chi connectivity index (χ1v) is 9.98. The molecule has 2 aromatic heterocycles. The lowest BCUT2D eigenvalue weighted by atomic mass is 10.1. The molecule has 0 amide bonds. The van der Waals surface area contributed by atoms with Crippen LogP contribution in [-0.4, -0.2) is 50.7 Å². The van der Waals surface area contributed by atoms with Crippen molar-refractivity contribution < 1.29 is 0 Å². The highest BCUT2D eigenvalue weighted by Crippen LogP contribution is 2.29. The molecule has 2 heterocycles. The number of likely N-dealkylation sites (N-methyl/N-ethyl adjacent to an activating group) is 1. The molecule has 1 aliphatic rings. The molecule has 0 aliphatic heterocycles. The van der Waals surface area contributed by atoms with Crippen molar-refractivity contribution in [2.45, 2.75) is 38.6 Å². The largest absolute Gasteiger partial charge is 0.367 e. The van der Waals surface area contributed by atoms with Gasteiger partial charge in [-0.2, -0.15) is 5.10 Å². The highest BCUT2D eigenvalue weighted by Gasteiger charge is 2.26. The molecule has 1 saturated carbocycles. The molecule has 0 radical (unpaired) electrons. The van der Waals surface area contributed by atoms with Gasteiger partial charge >= 0.3 is 0 Å². The quantitative estimate of drug-likeness (QED) is 0.640. The van der Waals surface area contributed by atoms with E-state index in [2.05, 4.69) is 67.6 Å². The minimum atomic E-state index is 0.482. The Kier molecular flexibility index (Phi) is 5.63. The van der Waals surface area contributed by atoms with E-state index in [0.717, 1.165) is 42.3 Å². The fraction of sp³-hybridized carbons (Fsp3) is 0.476. The molecule has 3 aromatic rings. The summed E-state index contributed by atoms with van der Waals surface area (Å²) >= 11 is 0. The Balaban J connectivity index is 1.29. The number of hydrogen-bond acceptors (Lipinski definition) is 5. The zero-order valence-corrected chi connectivity index (χ0v) is 15.9. The first-order chi connectivity index (χ1) is 13.3. The lowest BCUT2D eigenvalue weighted by Crippen LogP contribution is -2.31. The molecule has 2 N–H and O–H groups in total. The van der Waals surface area contributed by atoms with Crippen LogP contribution in [0.1, 0.15) is 31.7 Å². The minimum absolute atomic E-state index is 0.482. The van der Waals surface area contributed by atoms with Crippen molar-refractivity contribution >= 4 is 16.9 Å². The third kappa shape index (κ3) is 4.45. The van der Waals surface area contributed by atoms with Crippen LogP contribution >= 0.6 is 0 Å². The molecule has 0 saturated heterocycles. The second-order valence-electron chi connectivity index (χ2n) is 7.50. The first kappa shape index (κ1) is 17.9. The van der Waals surface area contributed by atoms with Crippen molar-refractivity contribution in [2.24, 2.45) is 5.92 Å². The summed E-state index contributed by atoms with van der Waals surface area (Å²) in [5.41, 5.74) is 2.22. The summed E-state index contributed by atoms with van der Waals surface area (Å²) in [4.78, 5) is 11.2. The molecule has 4 rings (SSSR count). The highest BCUT2D eigenvalue weighted by atomic mass is 15.2. The van der Waals surface area contributed by atoms with Crippen molar-refractivity contribution in [3.8, 4) is 0 Å². The van der Waals surface area contributed by atoms with Crippen LogP contribution in [0, 0.1) is 5.92 Å². The van der Waals surface area contributed by atoms with Crippen LogP contribution < -0.4 is 5.32 Å². The molecule has 0 spiro atoms. The van der Waals surface area contributed by atoms with E-state index in [1.807, 2.05) is 0 Å². The number of benzene rings is 1. The third-order valence-corrected chi connectivity index (χ3v) is 5.65. The second kappa shape index (κ2) is 8.48. The van der Waals surface area contributed by atoms with E-state index in [1.165, 1.54) is 31.4 Å².